The number of carbonyl (C=O) groups is 2. The van der Waals surface area contributed by atoms with E-state index in [9.17, 15) is 24.8 Å². The molecule has 112 valence electrons. The summed E-state index contributed by atoms with van der Waals surface area (Å²) in [6.07, 6.45) is 0. The van der Waals surface area contributed by atoms with Gasteiger partial charge in [0.25, 0.3) is 11.6 Å². The molecule has 0 aliphatic carbocycles. The highest BCUT2D eigenvalue weighted by Crippen LogP contribution is 2.21. The minimum atomic E-state index is -1.46. The molecule has 0 aliphatic heterocycles. The average molecular weight is 320 g/mol. The van der Waals surface area contributed by atoms with Crippen LogP contribution in [0.1, 0.15) is 20.7 Å². The zero-order valence-corrected chi connectivity index (χ0v) is 11.7. The normalized spacial score (nSPS) is 10.0. The molecule has 0 bridgehead atoms. The zero-order valence-electron chi connectivity index (χ0n) is 10.9. The van der Waals surface area contributed by atoms with Crippen LogP contribution < -0.4 is 10.4 Å². The molecule has 1 amide bonds. The Kier molecular flexibility index (Phi) is 4.38. The molecule has 8 heteroatoms. The number of amides is 1. The molecule has 2 rings (SSSR count). The zero-order chi connectivity index (χ0) is 16.3. The number of nitro benzene ring substituents is 1. The number of hydrogen-bond donors (Lipinski definition) is 1. The largest absolute Gasteiger partial charge is 0.545 e. The second-order valence-electron chi connectivity index (χ2n) is 4.24. The molecule has 0 atom stereocenters. The van der Waals surface area contributed by atoms with Crippen LogP contribution in [0.2, 0.25) is 5.02 Å². The van der Waals surface area contributed by atoms with Crippen LogP contribution in [0.3, 0.4) is 0 Å². The molecule has 2 aromatic carbocycles. The smallest absolute Gasteiger partial charge is 0.269 e. The van der Waals surface area contributed by atoms with E-state index in [-0.39, 0.29) is 27.5 Å². The number of nitrogens with zero attached hydrogens (tertiary/aromatic N) is 1. The Balaban J connectivity index is 2.20. The van der Waals surface area contributed by atoms with Crippen molar-refractivity contribution in [1.82, 2.24) is 0 Å². The van der Waals surface area contributed by atoms with Crippen molar-refractivity contribution in [3.8, 4) is 0 Å². The van der Waals surface area contributed by atoms with Crippen molar-refractivity contribution < 1.29 is 19.6 Å². The lowest BCUT2D eigenvalue weighted by molar-refractivity contribution is -0.384. The summed E-state index contributed by atoms with van der Waals surface area (Å²) >= 11 is 5.69. The first-order chi connectivity index (χ1) is 10.4. The molecule has 0 unspecified atom stereocenters. The molecule has 1 N–H and O–H groups in total. The molecule has 0 aromatic heterocycles. The number of rotatable bonds is 4. The molecule has 0 fully saturated rings. The number of nitro groups is 1. The number of carboxylic acids is 1. The summed E-state index contributed by atoms with van der Waals surface area (Å²) in [7, 11) is 0. The van der Waals surface area contributed by atoms with Crippen LogP contribution in [0.5, 0.6) is 0 Å². The number of aromatic carboxylic acids is 1. The number of hydrogen-bond acceptors (Lipinski definition) is 5. The monoisotopic (exact) mass is 319 g/mol. The summed E-state index contributed by atoms with van der Waals surface area (Å²) in [4.78, 5) is 32.8. The fraction of sp³-hybridized carbons (Fsp3) is 0. The molecule has 0 heterocycles. The van der Waals surface area contributed by atoms with Crippen molar-refractivity contribution in [2.45, 2.75) is 0 Å². The van der Waals surface area contributed by atoms with Gasteiger partial charge in [0, 0.05) is 34.0 Å². The Labute approximate surface area is 129 Å². The number of nitrogens with one attached hydrogen (secondary N) is 1. The quantitative estimate of drug-likeness (QED) is 0.682. The molecular weight excluding hydrogens is 312 g/mol. The Morgan fingerprint density at radius 2 is 1.73 bits per heavy atom. The topological polar surface area (TPSA) is 112 Å². The first kappa shape index (κ1) is 15.5. The summed E-state index contributed by atoms with van der Waals surface area (Å²) < 4.78 is 0. The van der Waals surface area contributed by atoms with Crippen LogP contribution in [0, 0.1) is 10.1 Å². The summed E-state index contributed by atoms with van der Waals surface area (Å²) in [5.74, 6) is -2.00. The minimum absolute atomic E-state index is 0.00617. The van der Waals surface area contributed by atoms with Crippen molar-refractivity contribution in [2.24, 2.45) is 0 Å². The Morgan fingerprint density at radius 1 is 1.09 bits per heavy atom. The number of anilines is 1. The third-order valence-corrected chi connectivity index (χ3v) is 3.11. The van der Waals surface area contributed by atoms with Crippen molar-refractivity contribution in [3.63, 3.8) is 0 Å². The van der Waals surface area contributed by atoms with E-state index in [0.29, 0.717) is 0 Å². The van der Waals surface area contributed by atoms with Gasteiger partial charge in [-0.1, -0.05) is 11.6 Å². The van der Waals surface area contributed by atoms with E-state index >= 15 is 0 Å². The van der Waals surface area contributed by atoms with Gasteiger partial charge < -0.3 is 15.2 Å². The summed E-state index contributed by atoms with van der Waals surface area (Å²) in [5, 5.41) is 23.9. The molecule has 0 saturated heterocycles. The van der Waals surface area contributed by atoms with Gasteiger partial charge in [-0.2, -0.15) is 0 Å². The van der Waals surface area contributed by atoms with Gasteiger partial charge in [0.1, 0.15) is 0 Å². The van der Waals surface area contributed by atoms with Crippen molar-refractivity contribution in [1.29, 1.82) is 0 Å². The van der Waals surface area contributed by atoms with E-state index in [4.69, 9.17) is 11.6 Å². The lowest BCUT2D eigenvalue weighted by atomic mass is 10.1. The first-order valence-corrected chi connectivity index (χ1v) is 6.33. The molecule has 0 aliphatic rings. The maximum atomic E-state index is 12.0. The van der Waals surface area contributed by atoms with E-state index in [2.05, 4.69) is 5.32 Å². The SMILES string of the molecule is O=C(Nc1ccc(Cl)c(C(=O)[O-])c1)c1ccc([N+](=O)[O-])cc1. The van der Waals surface area contributed by atoms with Crippen LogP contribution in [0.25, 0.3) is 0 Å². The molecule has 22 heavy (non-hydrogen) atoms. The average Bonchev–Trinajstić information content (AvgIpc) is 2.49. The summed E-state index contributed by atoms with van der Waals surface area (Å²) in [6, 6.07) is 8.90. The molecule has 7 nitrogen and oxygen atoms in total. The Bertz CT molecular complexity index is 758. The van der Waals surface area contributed by atoms with Gasteiger partial charge in [0.2, 0.25) is 0 Å². The molecule has 0 spiro atoms. The van der Waals surface area contributed by atoms with Gasteiger partial charge in [0.05, 0.1) is 10.9 Å². The third kappa shape index (κ3) is 3.39. The van der Waals surface area contributed by atoms with E-state index in [1.54, 1.807) is 0 Å². The maximum absolute atomic E-state index is 12.0. The van der Waals surface area contributed by atoms with Gasteiger partial charge in [-0.05, 0) is 30.3 Å². The highest BCUT2D eigenvalue weighted by molar-refractivity contribution is 6.33. The molecular formula is C14H8ClN2O5-. The summed E-state index contributed by atoms with van der Waals surface area (Å²) in [6.45, 7) is 0. The lowest BCUT2D eigenvalue weighted by Crippen LogP contribution is -2.23. The second-order valence-corrected chi connectivity index (χ2v) is 4.65. The fourth-order valence-corrected chi connectivity index (χ4v) is 1.89. The van der Waals surface area contributed by atoms with Crippen LogP contribution in [0.15, 0.2) is 42.5 Å². The van der Waals surface area contributed by atoms with Gasteiger partial charge in [-0.25, -0.2) is 0 Å². The lowest BCUT2D eigenvalue weighted by Gasteiger charge is -2.09. The highest BCUT2D eigenvalue weighted by Gasteiger charge is 2.11. The van der Waals surface area contributed by atoms with Crippen LogP contribution in [0.4, 0.5) is 11.4 Å². The van der Waals surface area contributed by atoms with Crippen molar-refractivity contribution >= 4 is 34.9 Å². The standard InChI is InChI=1S/C14H9ClN2O5/c15-12-6-3-9(7-11(12)14(19)20)16-13(18)8-1-4-10(5-2-8)17(21)22/h1-7H,(H,16,18)(H,19,20)/p-1. The molecule has 2 aromatic rings. The van der Waals surface area contributed by atoms with Gasteiger partial charge in [-0.15, -0.1) is 0 Å². The number of carboxylic acid groups (broad SMARTS) is 1. The maximum Gasteiger partial charge on any atom is 0.269 e. The third-order valence-electron chi connectivity index (χ3n) is 2.78. The van der Waals surface area contributed by atoms with E-state index < -0.39 is 16.8 Å². The van der Waals surface area contributed by atoms with Crippen molar-refractivity contribution in [3.05, 3.63) is 68.7 Å². The predicted molar refractivity (Wildman–Crippen MR) is 76.8 cm³/mol. The predicted octanol–water partition coefficient (Wildman–Crippen LogP) is 1.86. The first-order valence-electron chi connectivity index (χ1n) is 5.95. The Morgan fingerprint density at radius 3 is 2.27 bits per heavy atom. The second kappa shape index (κ2) is 6.23. The van der Waals surface area contributed by atoms with E-state index in [1.165, 1.54) is 42.5 Å². The number of non-ortho nitro benzene ring substituents is 1. The molecule has 0 saturated carbocycles. The van der Waals surface area contributed by atoms with Gasteiger partial charge in [-0.3, -0.25) is 14.9 Å². The van der Waals surface area contributed by atoms with Crippen molar-refractivity contribution in [2.75, 3.05) is 5.32 Å². The fourth-order valence-electron chi connectivity index (χ4n) is 1.70. The number of halogens is 1. The van der Waals surface area contributed by atoms with Crippen LogP contribution in [-0.4, -0.2) is 16.8 Å². The van der Waals surface area contributed by atoms with E-state index in [0.717, 1.165) is 0 Å². The van der Waals surface area contributed by atoms with E-state index in [1.807, 2.05) is 0 Å². The minimum Gasteiger partial charge on any atom is -0.545 e. The van der Waals surface area contributed by atoms with Crippen LogP contribution in [-0.2, 0) is 0 Å². The number of benzene rings is 2. The summed E-state index contributed by atoms with van der Waals surface area (Å²) in [5.41, 5.74) is 0.0212. The van der Waals surface area contributed by atoms with Gasteiger partial charge >= 0.3 is 0 Å². The van der Waals surface area contributed by atoms with Crippen LogP contribution >= 0.6 is 11.6 Å². The van der Waals surface area contributed by atoms with Gasteiger partial charge in [0.15, 0.2) is 0 Å². The molecule has 0 radical (unpaired) electrons. The Hall–Kier alpha value is -2.93. The number of carbonyl (C=O) groups excluding carboxylic acids is 2. The highest BCUT2D eigenvalue weighted by atomic mass is 35.5.